The highest BCUT2D eigenvalue weighted by atomic mass is 35.5. The molecule has 0 aliphatic carbocycles. The van der Waals surface area contributed by atoms with Crippen molar-refractivity contribution in [2.75, 3.05) is 37.0 Å². The highest BCUT2D eigenvalue weighted by Gasteiger charge is 2.33. The van der Waals surface area contributed by atoms with Crippen molar-refractivity contribution in [3.8, 4) is 11.5 Å². The molecule has 1 amide bonds. The van der Waals surface area contributed by atoms with Gasteiger partial charge in [-0.1, -0.05) is 11.6 Å². The van der Waals surface area contributed by atoms with E-state index < -0.39 is 21.9 Å². The van der Waals surface area contributed by atoms with Gasteiger partial charge in [0.15, 0.2) is 0 Å². The first-order valence-electron chi connectivity index (χ1n) is 10.2. The van der Waals surface area contributed by atoms with Crippen molar-refractivity contribution >= 4 is 45.0 Å². The Morgan fingerprint density at radius 2 is 1.86 bits per heavy atom. The van der Waals surface area contributed by atoms with Gasteiger partial charge in [-0.2, -0.15) is 0 Å². The Hall–Kier alpha value is -3.83. The van der Waals surface area contributed by atoms with Gasteiger partial charge in [-0.05, 0) is 48.5 Å². The average Bonchev–Trinajstić information content (AvgIpc) is 2.87. The topological polar surface area (TPSA) is 124 Å². The number of carbonyl (C=O) groups is 2. The molecule has 0 spiro atoms. The fraction of sp³-hybridized carbons (Fsp3) is 0.174. The summed E-state index contributed by atoms with van der Waals surface area (Å²) in [6, 6.07) is 11.7. The normalized spacial score (nSPS) is 12.8. The Kier molecular flexibility index (Phi) is 6.81. The number of hydrogen-bond acceptors (Lipinski definition) is 8. The van der Waals surface area contributed by atoms with E-state index in [1.165, 1.54) is 68.9 Å². The zero-order valence-electron chi connectivity index (χ0n) is 18.6. The number of fused-ring (bicyclic) bond motifs is 1. The number of amides is 1. The predicted molar refractivity (Wildman–Crippen MR) is 128 cm³/mol. The molecule has 1 aliphatic heterocycles. The Labute approximate surface area is 206 Å². The molecule has 35 heavy (non-hydrogen) atoms. The molecular weight excluding hydrogens is 498 g/mol. The number of nitrogens with zero attached hydrogens (tertiary/aromatic N) is 2. The second-order valence-corrected chi connectivity index (χ2v) is 9.55. The highest BCUT2D eigenvalue weighted by Crippen LogP contribution is 2.38. The van der Waals surface area contributed by atoms with Crippen LogP contribution in [0.5, 0.6) is 11.5 Å². The summed E-state index contributed by atoms with van der Waals surface area (Å²) in [4.78, 5) is 28.3. The summed E-state index contributed by atoms with van der Waals surface area (Å²) < 4.78 is 43.7. The van der Waals surface area contributed by atoms with Gasteiger partial charge in [0.2, 0.25) is 0 Å². The second kappa shape index (κ2) is 9.80. The Balaban J connectivity index is 1.65. The van der Waals surface area contributed by atoms with E-state index in [0.717, 1.165) is 4.31 Å². The van der Waals surface area contributed by atoms with E-state index in [9.17, 15) is 18.0 Å². The number of aromatic nitrogens is 1. The monoisotopic (exact) mass is 517 g/mol. The van der Waals surface area contributed by atoms with E-state index >= 15 is 0 Å². The molecular formula is C23H20ClN3O7S. The number of hydrogen-bond donors (Lipinski definition) is 1. The summed E-state index contributed by atoms with van der Waals surface area (Å²) in [5.41, 5.74) is 0.597. The van der Waals surface area contributed by atoms with Gasteiger partial charge in [-0.25, -0.2) is 18.2 Å². The maximum Gasteiger partial charge on any atom is 0.339 e. The van der Waals surface area contributed by atoms with Crippen molar-refractivity contribution in [2.45, 2.75) is 4.90 Å². The van der Waals surface area contributed by atoms with E-state index in [-0.39, 0.29) is 51.5 Å². The van der Waals surface area contributed by atoms with Gasteiger partial charge in [0.25, 0.3) is 15.9 Å². The van der Waals surface area contributed by atoms with Crippen molar-refractivity contribution in [1.82, 2.24) is 4.98 Å². The minimum Gasteiger partial charge on any atom is -0.495 e. The lowest BCUT2D eigenvalue weighted by molar-refractivity contribution is 0.0600. The van der Waals surface area contributed by atoms with E-state index in [4.69, 9.17) is 21.1 Å². The number of rotatable bonds is 6. The molecule has 0 saturated heterocycles. The number of halogens is 1. The van der Waals surface area contributed by atoms with Gasteiger partial charge in [-0.3, -0.25) is 9.10 Å². The Morgan fingerprint density at radius 3 is 2.54 bits per heavy atom. The summed E-state index contributed by atoms with van der Waals surface area (Å²) in [7, 11) is -1.48. The van der Waals surface area contributed by atoms with Crippen LogP contribution in [0.3, 0.4) is 0 Å². The maximum absolute atomic E-state index is 13.5. The van der Waals surface area contributed by atoms with Crippen molar-refractivity contribution in [2.24, 2.45) is 0 Å². The van der Waals surface area contributed by atoms with Crippen LogP contribution in [0.1, 0.15) is 20.7 Å². The van der Waals surface area contributed by atoms with E-state index in [0.29, 0.717) is 5.75 Å². The van der Waals surface area contributed by atoms with Crippen LogP contribution in [0.25, 0.3) is 0 Å². The van der Waals surface area contributed by atoms with Crippen LogP contribution in [-0.4, -0.2) is 52.6 Å². The number of carbonyl (C=O) groups excluding carboxylic acids is 2. The first-order valence-corrected chi connectivity index (χ1v) is 12.0. The number of ether oxygens (including phenoxy) is 3. The Bertz CT molecular complexity index is 1390. The molecule has 0 atom stereocenters. The van der Waals surface area contributed by atoms with E-state index in [1.54, 1.807) is 0 Å². The molecule has 1 N–H and O–H groups in total. The average molecular weight is 518 g/mol. The first-order chi connectivity index (χ1) is 16.7. The van der Waals surface area contributed by atoms with Crippen LogP contribution >= 0.6 is 11.6 Å². The molecule has 0 fully saturated rings. The van der Waals surface area contributed by atoms with E-state index in [1.807, 2.05) is 0 Å². The van der Waals surface area contributed by atoms with Crippen LogP contribution in [0.15, 0.2) is 59.6 Å². The summed E-state index contributed by atoms with van der Waals surface area (Å²) >= 11 is 6.05. The summed E-state index contributed by atoms with van der Waals surface area (Å²) in [6.45, 7) is 0.143. The van der Waals surface area contributed by atoms with Gasteiger partial charge < -0.3 is 19.5 Å². The number of anilines is 2. The van der Waals surface area contributed by atoms with Crippen molar-refractivity contribution in [1.29, 1.82) is 0 Å². The predicted octanol–water partition coefficient (Wildman–Crippen LogP) is 3.37. The standard InChI is InChI=1S/C23H20ClN3O7S/c1-32-19-7-5-16(24)12-20(19)35(30,31)27-9-10-34-18-6-3-14(11-17(18)27)22(28)26-21-8-4-15(13-25-21)23(29)33-2/h3-8,11-13H,9-10H2,1-2H3,(H,25,26,28). The molecule has 0 bridgehead atoms. The molecule has 0 radical (unpaired) electrons. The molecule has 182 valence electrons. The molecule has 1 aliphatic rings. The molecule has 1 aromatic heterocycles. The molecule has 4 rings (SSSR count). The lowest BCUT2D eigenvalue weighted by Gasteiger charge is -2.31. The fourth-order valence-corrected chi connectivity index (χ4v) is 5.32. The summed E-state index contributed by atoms with van der Waals surface area (Å²) in [5.74, 6) is -0.447. The zero-order valence-corrected chi connectivity index (χ0v) is 20.2. The van der Waals surface area contributed by atoms with Crippen molar-refractivity contribution in [3.63, 3.8) is 0 Å². The molecule has 12 heteroatoms. The van der Waals surface area contributed by atoms with E-state index in [2.05, 4.69) is 15.0 Å². The number of nitrogens with one attached hydrogen (secondary N) is 1. The maximum atomic E-state index is 13.5. The van der Waals surface area contributed by atoms with Crippen LogP contribution in [0, 0.1) is 0 Å². The van der Waals surface area contributed by atoms with Gasteiger partial charge in [-0.15, -0.1) is 0 Å². The second-order valence-electron chi connectivity index (χ2n) is 7.28. The minimum absolute atomic E-state index is 0.0205. The summed E-state index contributed by atoms with van der Waals surface area (Å²) in [6.07, 6.45) is 1.27. The van der Waals surface area contributed by atoms with Crippen LogP contribution in [-0.2, 0) is 14.8 Å². The molecule has 2 aromatic carbocycles. The lowest BCUT2D eigenvalue weighted by atomic mass is 10.1. The lowest BCUT2D eigenvalue weighted by Crippen LogP contribution is -2.38. The number of sulfonamides is 1. The molecule has 0 unspecified atom stereocenters. The minimum atomic E-state index is -4.10. The van der Waals surface area contributed by atoms with Crippen molar-refractivity contribution < 1.29 is 32.2 Å². The SMILES string of the molecule is COC(=O)c1ccc(NC(=O)c2ccc3c(c2)N(S(=O)(=O)c2cc(Cl)ccc2OC)CCO3)nc1. The molecule has 0 saturated carbocycles. The third-order valence-electron chi connectivity index (χ3n) is 5.16. The highest BCUT2D eigenvalue weighted by molar-refractivity contribution is 7.93. The van der Waals surface area contributed by atoms with Gasteiger partial charge in [0, 0.05) is 16.8 Å². The summed E-state index contributed by atoms with van der Waals surface area (Å²) in [5, 5.41) is 2.84. The number of benzene rings is 2. The quantitative estimate of drug-likeness (QED) is 0.493. The number of methoxy groups -OCH3 is 2. The number of pyridine rings is 1. The van der Waals surface area contributed by atoms with Crippen LogP contribution < -0.4 is 19.1 Å². The van der Waals surface area contributed by atoms with Crippen molar-refractivity contribution in [3.05, 3.63) is 70.9 Å². The largest absolute Gasteiger partial charge is 0.495 e. The Morgan fingerprint density at radius 1 is 1.09 bits per heavy atom. The third-order valence-corrected chi connectivity index (χ3v) is 7.23. The van der Waals surface area contributed by atoms with Gasteiger partial charge in [0.1, 0.15) is 28.8 Å². The smallest absolute Gasteiger partial charge is 0.339 e. The molecule has 2 heterocycles. The van der Waals surface area contributed by atoms with Crippen LogP contribution in [0.2, 0.25) is 5.02 Å². The zero-order chi connectivity index (χ0) is 25.2. The third kappa shape index (κ3) is 4.86. The van der Waals surface area contributed by atoms with Gasteiger partial charge >= 0.3 is 5.97 Å². The first kappa shape index (κ1) is 24.3. The van der Waals surface area contributed by atoms with Crippen LogP contribution in [0.4, 0.5) is 11.5 Å². The van der Waals surface area contributed by atoms with Gasteiger partial charge in [0.05, 0.1) is 32.0 Å². The molecule has 10 nitrogen and oxygen atoms in total. The number of esters is 1. The fourth-order valence-electron chi connectivity index (χ4n) is 3.45. The molecule has 3 aromatic rings.